The van der Waals surface area contributed by atoms with Crippen LogP contribution in [0.5, 0.6) is 0 Å². The van der Waals surface area contributed by atoms with Crippen molar-refractivity contribution in [1.29, 1.82) is 0 Å². The van der Waals surface area contributed by atoms with Crippen LogP contribution in [0.25, 0.3) is 54.7 Å². The normalized spacial score (nSPS) is 18.1. The van der Waals surface area contributed by atoms with Gasteiger partial charge in [-0.1, -0.05) is 80.6 Å². The Morgan fingerprint density at radius 2 is 1.50 bits per heavy atom. The topological polar surface area (TPSA) is 136 Å². The number of benzene rings is 5. The van der Waals surface area contributed by atoms with E-state index in [0.717, 1.165) is 104 Å². The van der Waals surface area contributed by atoms with Gasteiger partial charge in [-0.15, -0.1) is 0 Å². The summed E-state index contributed by atoms with van der Waals surface area (Å²) in [7, 11) is 1.30. The quantitative estimate of drug-likeness (QED) is 0.126. The fraction of sp³-hybridized carbons (Fsp3) is 0.311. The van der Waals surface area contributed by atoms with E-state index in [0.29, 0.717) is 13.1 Å². The van der Waals surface area contributed by atoms with Crippen LogP contribution in [-0.4, -0.2) is 80.3 Å². The first kappa shape index (κ1) is 35.6. The number of nitrogens with zero attached hydrogens (tertiary/aromatic N) is 4. The number of rotatable bonds is 9. The Bertz CT molecular complexity index is 2630. The largest absolute Gasteiger partial charge is 0.453 e. The number of alkyl carbamates (subject to hydrolysis) is 1. The second kappa shape index (κ2) is 14.5. The Labute approximate surface area is 324 Å². The number of aromatic amines is 2. The molecular weight excluding hydrogens is 703 g/mol. The molecule has 0 saturated carbocycles. The maximum atomic E-state index is 13.7. The highest BCUT2D eigenvalue weighted by Crippen LogP contribution is 2.37. The summed E-state index contributed by atoms with van der Waals surface area (Å²) in [6.45, 7) is 5.69. The summed E-state index contributed by atoms with van der Waals surface area (Å²) in [6, 6.07) is 30.2. The lowest BCUT2D eigenvalue weighted by atomic mass is 9.98. The molecular formula is C45H45N7O4. The Hall–Kier alpha value is -6.07. The van der Waals surface area contributed by atoms with Crippen molar-refractivity contribution >= 4 is 61.4 Å². The van der Waals surface area contributed by atoms with E-state index >= 15 is 0 Å². The van der Waals surface area contributed by atoms with Gasteiger partial charge >= 0.3 is 6.09 Å². The molecule has 284 valence electrons. The fourth-order valence-corrected chi connectivity index (χ4v) is 8.74. The zero-order chi connectivity index (χ0) is 38.5. The number of amides is 2. The van der Waals surface area contributed by atoms with Gasteiger partial charge in [0.05, 0.1) is 47.8 Å². The SMILES string of the molecule is COC(=O)N[C@H](C(=O)N1CCC[C@H]1c1nc2ccc3cc(-c4ccc5c(ccc6[nH]c([C@@H]7CCCN7CC(=O)c7ccccc7)nc65)c4)ccc3c2[nH]1)C(C)C. The first-order valence-corrected chi connectivity index (χ1v) is 19.6. The molecule has 2 amide bonds. The van der Waals surface area contributed by atoms with Gasteiger partial charge < -0.3 is 24.9 Å². The lowest BCUT2D eigenvalue weighted by Gasteiger charge is -2.29. The fourth-order valence-electron chi connectivity index (χ4n) is 8.74. The number of aromatic nitrogens is 4. The molecule has 56 heavy (non-hydrogen) atoms. The van der Waals surface area contributed by atoms with Crippen LogP contribution in [0.15, 0.2) is 91.0 Å². The Morgan fingerprint density at radius 3 is 2.27 bits per heavy atom. The molecule has 0 radical (unpaired) electrons. The van der Waals surface area contributed by atoms with E-state index < -0.39 is 12.1 Å². The monoisotopic (exact) mass is 747 g/mol. The Kier molecular flexibility index (Phi) is 9.25. The van der Waals surface area contributed by atoms with Gasteiger partial charge in [0.2, 0.25) is 5.91 Å². The molecule has 11 nitrogen and oxygen atoms in total. The van der Waals surface area contributed by atoms with Crippen molar-refractivity contribution in [3.63, 3.8) is 0 Å². The van der Waals surface area contributed by atoms with Crippen molar-refractivity contribution in [3.8, 4) is 11.1 Å². The minimum absolute atomic E-state index is 0.0755. The highest BCUT2D eigenvalue weighted by molar-refractivity contribution is 6.07. The molecule has 0 bridgehead atoms. The van der Waals surface area contributed by atoms with Crippen LogP contribution in [0.4, 0.5) is 4.79 Å². The molecule has 2 fully saturated rings. The molecule has 2 saturated heterocycles. The number of ketones is 1. The van der Waals surface area contributed by atoms with Crippen LogP contribution in [0, 0.1) is 5.92 Å². The van der Waals surface area contributed by atoms with Crippen molar-refractivity contribution in [2.75, 3.05) is 26.7 Å². The number of hydrogen-bond donors (Lipinski definition) is 3. The first-order valence-electron chi connectivity index (χ1n) is 19.6. The lowest BCUT2D eigenvalue weighted by Crippen LogP contribution is -2.51. The summed E-state index contributed by atoms with van der Waals surface area (Å²) in [5.74, 6) is 1.58. The van der Waals surface area contributed by atoms with Gasteiger partial charge in [-0.3, -0.25) is 14.5 Å². The number of fused-ring (bicyclic) bond motifs is 6. The average Bonchev–Trinajstić information content (AvgIpc) is 4.05. The van der Waals surface area contributed by atoms with E-state index in [-0.39, 0.29) is 29.7 Å². The number of H-pyrrole nitrogens is 2. The standard InChI is InChI=1S/C45H45N7O4/c1-26(2)39(50-45(55)56-3)44(54)52-22-8-12-37(52)43-47-35-20-16-31-24-29(14-18-33(31)41(35)49-43)28-13-17-32-30(23-28)15-19-34-40(32)48-42(46-34)36-11-7-21-51(36)25-38(53)27-9-5-4-6-10-27/h4-6,9-10,13-20,23-24,26,36-37,39H,7-8,11-12,21-22,25H2,1-3H3,(H,46,48)(H,47,49)(H,50,55)/t36-,37-,39-/m0/s1. The van der Waals surface area contributed by atoms with E-state index in [4.69, 9.17) is 14.7 Å². The van der Waals surface area contributed by atoms with Crippen LogP contribution >= 0.6 is 0 Å². The van der Waals surface area contributed by atoms with E-state index in [1.54, 1.807) is 0 Å². The van der Waals surface area contributed by atoms with Crippen LogP contribution in [0.3, 0.4) is 0 Å². The van der Waals surface area contributed by atoms with Gasteiger partial charge in [0.15, 0.2) is 5.78 Å². The van der Waals surface area contributed by atoms with Crippen molar-refractivity contribution in [2.45, 2.75) is 57.7 Å². The predicted molar refractivity (Wildman–Crippen MR) is 218 cm³/mol. The number of carbonyl (C=O) groups excluding carboxylic acids is 3. The molecule has 3 N–H and O–H groups in total. The third kappa shape index (κ3) is 6.45. The van der Waals surface area contributed by atoms with E-state index in [1.807, 2.05) is 55.1 Å². The van der Waals surface area contributed by atoms with Gasteiger partial charge in [-0.25, -0.2) is 14.8 Å². The molecule has 11 heteroatoms. The molecule has 0 spiro atoms. The molecule has 5 aromatic carbocycles. The summed E-state index contributed by atoms with van der Waals surface area (Å²) in [6.07, 6.45) is 3.03. The number of likely N-dealkylation sites (tertiary alicyclic amines) is 2. The summed E-state index contributed by atoms with van der Waals surface area (Å²) in [4.78, 5) is 60.2. The summed E-state index contributed by atoms with van der Waals surface area (Å²) >= 11 is 0. The third-order valence-electron chi connectivity index (χ3n) is 11.7. The Balaban J connectivity index is 0.968. The number of Topliss-reactive ketones (excluding diaryl/α,β-unsaturated/α-hetero) is 1. The molecule has 7 aromatic rings. The summed E-state index contributed by atoms with van der Waals surface area (Å²) in [5.41, 5.74) is 6.70. The predicted octanol–water partition coefficient (Wildman–Crippen LogP) is 8.48. The number of imidazole rings is 2. The van der Waals surface area contributed by atoms with E-state index in [9.17, 15) is 14.4 Å². The molecule has 2 aliphatic rings. The van der Waals surface area contributed by atoms with Crippen LogP contribution < -0.4 is 5.32 Å². The highest BCUT2D eigenvalue weighted by atomic mass is 16.5. The second-order valence-electron chi connectivity index (χ2n) is 15.5. The van der Waals surface area contributed by atoms with Crippen LogP contribution in [-0.2, 0) is 9.53 Å². The lowest BCUT2D eigenvalue weighted by molar-refractivity contribution is -0.135. The maximum Gasteiger partial charge on any atom is 0.407 e. The molecule has 3 atom stereocenters. The van der Waals surface area contributed by atoms with Crippen molar-refractivity contribution in [2.24, 2.45) is 5.92 Å². The molecule has 0 unspecified atom stereocenters. The Morgan fingerprint density at radius 1 is 0.804 bits per heavy atom. The van der Waals surface area contributed by atoms with E-state index in [2.05, 4.69) is 74.8 Å². The zero-order valence-corrected chi connectivity index (χ0v) is 31.8. The van der Waals surface area contributed by atoms with Crippen LogP contribution in [0.2, 0.25) is 0 Å². The molecule has 9 rings (SSSR count). The zero-order valence-electron chi connectivity index (χ0n) is 31.8. The molecule has 2 aromatic heterocycles. The average molecular weight is 748 g/mol. The van der Waals surface area contributed by atoms with Crippen LogP contribution in [0.1, 0.15) is 73.6 Å². The molecule has 0 aliphatic carbocycles. The van der Waals surface area contributed by atoms with Gasteiger partial charge in [0.25, 0.3) is 0 Å². The van der Waals surface area contributed by atoms with Gasteiger partial charge in [0, 0.05) is 22.9 Å². The maximum absolute atomic E-state index is 13.7. The molecule has 4 heterocycles. The van der Waals surface area contributed by atoms with Crippen molar-refractivity contribution in [1.82, 2.24) is 35.1 Å². The minimum atomic E-state index is -0.684. The number of carbonyl (C=O) groups is 3. The highest BCUT2D eigenvalue weighted by Gasteiger charge is 2.38. The third-order valence-corrected chi connectivity index (χ3v) is 11.7. The first-order chi connectivity index (χ1) is 27.2. The summed E-state index contributed by atoms with van der Waals surface area (Å²) in [5, 5.41) is 7.08. The second-order valence-corrected chi connectivity index (χ2v) is 15.5. The number of methoxy groups -OCH3 is 1. The number of ether oxygens (including phenoxy) is 1. The van der Waals surface area contributed by atoms with E-state index in [1.165, 1.54) is 7.11 Å². The number of nitrogens with one attached hydrogen (secondary N) is 3. The van der Waals surface area contributed by atoms with Gasteiger partial charge in [0.1, 0.15) is 17.7 Å². The van der Waals surface area contributed by atoms with Gasteiger partial charge in [-0.2, -0.15) is 0 Å². The van der Waals surface area contributed by atoms with Crippen molar-refractivity contribution < 1.29 is 19.1 Å². The minimum Gasteiger partial charge on any atom is -0.453 e. The smallest absolute Gasteiger partial charge is 0.407 e. The van der Waals surface area contributed by atoms with Crippen molar-refractivity contribution in [3.05, 3.63) is 108 Å². The van der Waals surface area contributed by atoms with Gasteiger partial charge in [-0.05, 0) is 84.3 Å². The summed E-state index contributed by atoms with van der Waals surface area (Å²) < 4.78 is 4.79. The molecule has 2 aliphatic heterocycles. The number of hydrogen-bond acceptors (Lipinski definition) is 7.